The Kier molecular flexibility index (Phi) is 15.7. The molecule has 170 valence electrons. The molecule has 0 aromatic heterocycles. The van der Waals surface area contributed by atoms with Crippen molar-refractivity contribution < 1.29 is 44.6 Å². The molecular formula is C15H35BF4N2O5Si. The van der Waals surface area contributed by atoms with Gasteiger partial charge in [0.15, 0.2) is 0 Å². The average molecular weight is 438 g/mol. The summed E-state index contributed by atoms with van der Waals surface area (Å²) in [5.74, 6) is 0. The smallest absolute Gasteiger partial charge is 0.444 e. The van der Waals surface area contributed by atoms with Crippen molar-refractivity contribution in [3.8, 4) is 0 Å². The zero-order valence-electron chi connectivity index (χ0n) is 17.7. The molecule has 0 aromatic carbocycles. The lowest BCUT2D eigenvalue weighted by Gasteiger charge is -2.35. The summed E-state index contributed by atoms with van der Waals surface area (Å²) in [6.45, 7) is 11.5. The summed E-state index contributed by atoms with van der Waals surface area (Å²) in [7, 11) is -3.80. The van der Waals surface area contributed by atoms with E-state index in [9.17, 15) is 22.1 Å². The number of nitrogens with zero attached hydrogens (tertiary/aromatic N) is 1. The van der Waals surface area contributed by atoms with Gasteiger partial charge in [0.2, 0.25) is 0 Å². The number of carbonyl (C=O) groups excluding carboxylic acids is 1. The van der Waals surface area contributed by atoms with Gasteiger partial charge in [-0.05, 0) is 27.2 Å². The third kappa shape index (κ3) is 14.2. The van der Waals surface area contributed by atoms with E-state index in [1.54, 1.807) is 21.3 Å². The summed E-state index contributed by atoms with van der Waals surface area (Å²) in [6.07, 6.45) is 0.348. The fourth-order valence-corrected chi connectivity index (χ4v) is 4.30. The van der Waals surface area contributed by atoms with Gasteiger partial charge in [0.1, 0.15) is 13.2 Å². The van der Waals surface area contributed by atoms with Crippen LogP contribution in [0.1, 0.15) is 27.2 Å². The summed E-state index contributed by atoms with van der Waals surface area (Å²) in [5.41, 5.74) is 0. The van der Waals surface area contributed by atoms with E-state index in [1.165, 1.54) is 0 Å². The van der Waals surface area contributed by atoms with Crippen LogP contribution in [-0.2, 0) is 18.0 Å². The standard InChI is InChI=1S/C15H34N2O5Si.BF4/c1-7-17(8-2,9-3)12-13-22-15(18)16-11-10-14-23(19-4,20-5)21-6;2-1(3,4)5/h7-14H2,1-6H3;/q;-1/p+1. The molecule has 0 saturated heterocycles. The molecule has 1 amide bonds. The highest BCUT2D eigenvalue weighted by Crippen LogP contribution is 2.14. The fourth-order valence-electron chi connectivity index (χ4n) is 2.58. The Bertz CT molecular complexity index is 392. The summed E-state index contributed by atoms with van der Waals surface area (Å²) >= 11 is 0. The minimum atomic E-state index is -6.00. The number of rotatable bonds is 13. The molecule has 0 heterocycles. The highest BCUT2D eigenvalue weighted by Gasteiger charge is 2.36. The number of halogens is 4. The molecule has 13 heteroatoms. The number of likely N-dealkylation sites (N-methyl/N-ethyl adjacent to an activating group) is 1. The minimum absolute atomic E-state index is 0.370. The first-order valence-electron chi connectivity index (χ1n) is 9.25. The second-order valence-electron chi connectivity index (χ2n) is 5.97. The molecule has 28 heavy (non-hydrogen) atoms. The molecule has 0 atom stereocenters. The zero-order valence-corrected chi connectivity index (χ0v) is 18.7. The van der Waals surface area contributed by atoms with Crippen molar-refractivity contribution in [2.75, 3.05) is 60.7 Å². The average Bonchev–Trinajstić information content (AvgIpc) is 2.65. The molecule has 0 spiro atoms. The first kappa shape index (κ1) is 29.3. The maximum absolute atomic E-state index is 11.7. The van der Waals surface area contributed by atoms with Crippen LogP contribution in [-0.4, -0.2) is 87.3 Å². The second kappa shape index (κ2) is 15.0. The predicted octanol–water partition coefficient (Wildman–Crippen LogP) is 3.16. The maximum Gasteiger partial charge on any atom is 0.673 e. The monoisotopic (exact) mass is 438 g/mol. The summed E-state index contributed by atoms with van der Waals surface area (Å²) in [6, 6.07) is 0.651. The van der Waals surface area contributed by atoms with Crippen LogP contribution in [0.15, 0.2) is 0 Å². The third-order valence-corrected chi connectivity index (χ3v) is 7.51. The number of nitrogens with one attached hydrogen (secondary N) is 1. The predicted molar refractivity (Wildman–Crippen MR) is 102 cm³/mol. The number of alkyl carbamates (subject to hydrolysis) is 1. The molecule has 0 rings (SSSR count). The van der Waals surface area contributed by atoms with E-state index in [0.717, 1.165) is 37.1 Å². The highest BCUT2D eigenvalue weighted by atomic mass is 28.4. The van der Waals surface area contributed by atoms with Gasteiger partial charge in [-0.25, -0.2) is 4.79 Å². The summed E-state index contributed by atoms with van der Waals surface area (Å²) in [4.78, 5) is 11.7. The number of ether oxygens (including phenoxy) is 1. The van der Waals surface area contributed by atoms with Gasteiger partial charge < -0.3 is 45.1 Å². The van der Waals surface area contributed by atoms with Crippen LogP contribution < -0.4 is 5.32 Å². The van der Waals surface area contributed by atoms with Crippen molar-refractivity contribution in [2.24, 2.45) is 0 Å². The Morgan fingerprint density at radius 2 is 1.39 bits per heavy atom. The molecule has 0 bridgehead atoms. The molecule has 0 unspecified atom stereocenters. The second-order valence-corrected chi connectivity index (χ2v) is 9.06. The van der Waals surface area contributed by atoms with E-state index in [4.69, 9.17) is 18.0 Å². The van der Waals surface area contributed by atoms with Gasteiger partial charge in [0, 0.05) is 33.9 Å². The van der Waals surface area contributed by atoms with Crippen molar-refractivity contribution in [1.29, 1.82) is 0 Å². The van der Waals surface area contributed by atoms with E-state index in [0.29, 0.717) is 19.2 Å². The van der Waals surface area contributed by atoms with Crippen LogP contribution in [0.3, 0.4) is 0 Å². The van der Waals surface area contributed by atoms with Crippen molar-refractivity contribution >= 4 is 22.2 Å². The molecule has 7 nitrogen and oxygen atoms in total. The molecule has 0 aliphatic carbocycles. The zero-order chi connectivity index (χ0) is 22.3. The Hall–Kier alpha value is -0.888. The van der Waals surface area contributed by atoms with Gasteiger partial charge in [0.05, 0.1) is 19.6 Å². The fraction of sp³-hybridized carbons (Fsp3) is 0.933. The molecule has 0 fully saturated rings. The minimum Gasteiger partial charge on any atom is -0.444 e. The normalized spacial score (nSPS) is 12.2. The number of quaternary nitrogens is 1. The van der Waals surface area contributed by atoms with Crippen LogP contribution in [0.25, 0.3) is 0 Å². The molecule has 1 N–H and O–H groups in total. The SMILES string of the molecule is CC[N+](CC)(CC)CCOC(=O)NCCC[Si](OC)(OC)OC.F[B-](F)(F)F. The van der Waals surface area contributed by atoms with Crippen molar-refractivity contribution in [3.63, 3.8) is 0 Å². The molecular weight excluding hydrogens is 403 g/mol. The first-order valence-corrected chi connectivity index (χ1v) is 11.2. The lowest BCUT2D eigenvalue weighted by molar-refractivity contribution is -0.923. The van der Waals surface area contributed by atoms with E-state index < -0.39 is 16.1 Å². The van der Waals surface area contributed by atoms with E-state index in [-0.39, 0.29) is 6.09 Å². The molecule has 0 aromatic rings. The quantitative estimate of drug-likeness (QED) is 0.207. The summed E-state index contributed by atoms with van der Waals surface area (Å²) in [5, 5.41) is 2.76. The van der Waals surface area contributed by atoms with Crippen molar-refractivity contribution in [3.05, 3.63) is 0 Å². The van der Waals surface area contributed by atoms with E-state index in [2.05, 4.69) is 26.1 Å². The van der Waals surface area contributed by atoms with Gasteiger partial charge in [-0.1, -0.05) is 0 Å². The van der Waals surface area contributed by atoms with Crippen LogP contribution in [0.5, 0.6) is 0 Å². The molecule has 0 radical (unpaired) electrons. The van der Waals surface area contributed by atoms with Gasteiger partial charge in [-0.2, -0.15) is 0 Å². The third-order valence-electron chi connectivity index (χ3n) is 4.67. The van der Waals surface area contributed by atoms with E-state index >= 15 is 0 Å². The molecule has 0 aliphatic rings. The maximum atomic E-state index is 11.7. The number of carbonyl (C=O) groups is 1. The number of hydrogen-bond donors (Lipinski definition) is 1. The van der Waals surface area contributed by atoms with Gasteiger partial charge in [0.25, 0.3) is 0 Å². The van der Waals surface area contributed by atoms with Crippen LogP contribution in [0.2, 0.25) is 6.04 Å². The van der Waals surface area contributed by atoms with E-state index in [1.807, 2.05) is 0 Å². The van der Waals surface area contributed by atoms with Crippen LogP contribution in [0.4, 0.5) is 22.1 Å². The van der Waals surface area contributed by atoms with Crippen molar-refractivity contribution in [2.45, 2.75) is 33.2 Å². The topological polar surface area (TPSA) is 66.0 Å². The lowest BCUT2D eigenvalue weighted by Crippen LogP contribution is -2.50. The Morgan fingerprint density at radius 3 is 1.75 bits per heavy atom. The first-order chi connectivity index (χ1) is 13.0. The van der Waals surface area contributed by atoms with Crippen LogP contribution >= 0.6 is 0 Å². The highest BCUT2D eigenvalue weighted by molar-refractivity contribution is 6.60. The Labute approximate surface area is 166 Å². The lowest BCUT2D eigenvalue weighted by atomic mass is 10.3. The molecule has 0 saturated carbocycles. The molecule has 0 aliphatic heterocycles. The number of amides is 1. The van der Waals surface area contributed by atoms with Gasteiger partial charge in [-0.3, -0.25) is 0 Å². The van der Waals surface area contributed by atoms with Gasteiger partial charge in [-0.15, -0.1) is 0 Å². The summed E-state index contributed by atoms with van der Waals surface area (Å²) < 4.78 is 61.2. The Balaban J connectivity index is 0. The largest absolute Gasteiger partial charge is 0.673 e. The van der Waals surface area contributed by atoms with Gasteiger partial charge >= 0.3 is 22.2 Å². The van der Waals surface area contributed by atoms with Crippen molar-refractivity contribution in [1.82, 2.24) is 5.32 Å². The van der Waals surface area contributed by atoms with Crippen LogP contribution in [0, 0.1) is 0 Å². The Morgan fingerprint density at radius 1 is 0.964 bits per heavy atom. The number of hydrogen-bond acceptors (Lipinski definition) is 5.